The minimum Gasteiger partial charge on any atom is -0.319 e. The first kappa shape index (κ1) is 25.1. The number of carbonyl (C=O) groups is 1. The minimum absolute atomic E-state index is 0.271. The lowest BCUT2D eigenvalue weighted by Crippen LogP contribution is -2.15. The molecule has 0 radical (unpaired) electrons. The van der Waals surface area contributed by atoms with Gasteiger partial charge in [0, 0.05) is 11.3 Å². The lowest BCUT2D eigenvalue weighted by atomic mass is 10.1. The first-order valence-corrected chi connectivity index (χ1v) is 10.9. The average Bonchev–Trinajstić information content (AvgIpc) is 3.30. The smallest absolute Gasteiger partial charge is 0.255 e. The molecule has 1 amide bonds. The highest BCUT2D eigenvalue weighted by molar-refractivity contribution is 6.05. The number of benzene rings is 2. The molecule has 0 saturated carbocycles. The monoisotopic (exact) mass is 503 g/mol. The first-order chi connectivity index (χ1) is 17.0. The molecule has 0 aliphatic carbocycles. The molecule has 4 rings (SSSR count). The molecule has 0 unspecified atom stereocenters. The summed E-state index contributed by atoms with van der Waals surface area (Å²) in [6, 6.07) is 8.90. The molecular formula is C25H22F5N5O. The van der Waals surface area contributed by atoms with Gasteiger partial charge in [-0.3, -0.25) is 14.2 Å². The van der Waals surface area contributed by atoms with Gasteiger partial charge in [-0.15, -0.1) is 0 Å². The lowest BCUT2D eigenvalue weighted by molar-refractivity contribution is 0.102. The number of nitrogens with zero attached hydrogens (tertiary/aromatic N) is 4. The van der Waals surface area contributed by atoms with Crippen molar-refractivity contribution >= 4 is 11.6 Å². The molecule has 4 aromatic rings. The van der Waals surface area contributed by atoms with Crippen molar-refractivity contribution < 1.29 is 26.7 Å². The number of anilines is 1. The third-order valence-electron chi connectivity index (χ3n) is 5.85. The topological polar surface area (TPSA) is 64.7 Å². The van der Waals surface area contributed by atoms with Gasteiger partial charge in [-0.1, -0.05) is 12.1 Å². The van der Waals surface area contributed by atoms with Gasteiger partial charge in [-0.25, -0.2) is 22.0 Å². The van der Waals surface area contributed by atoms with Gasteiger partial charge in [0.1, 0.15) is 0 Å². The van der Waals surface area contributed by atoms with Gasteiger partial charge in [0.25, 0.3) is 5.91 Å². The summed E-state index contributed by atoms with van der Waals surface area (Å²) in [4.78, 5) is 13.0. The molecule has 6 nitrogen and oxygen atoms in total. The van der Waals surface area contributed by atoms with Crippen LogP contribution >= 0.6 is 0 Å². The number of halogens is 5. The first-order valence-electron chi connectivity index (χ1n) is 10.9. The van der Waals surface area contributed by atoms with E-state index in [1.54, 1.807) is 25.1 Å². The Morgan fingerprint density at radius 2 is 1.47 bits per heavy atom. The van der Waals surface area contributed by atoms with Crippen LogP contribution in [-0.4, -0.2) is 25.5 Å². The normalized spacial score (nSPS) is 11.2. The molecule has 0 spiro atoms. The number of aromatic nitrogens is 4. The Morgan fingerprint density at radius 3 is 2.08 bits per heavy atom. The van der Waals surface area contributed by atoms with Gasteiger partial charge in [0.2, 0.25) is 5.82 Å². The largest absolute Gasteiger partial charge is 0.319 e. The van der Waals surface area contributed by atoms with Gasteiger partial charge >= 0.3 is 0 Å². The number of amides is 1. The Labute approximate surface area is 203 Å². The number of hydrogen-bond donors (Lipinski definition) is 1. The molecular weight excluding hydrogens is 481 g/mol. The van der Waals surface area contributed by atoms with Gasteiger partial charge in [-0.2, -0.15) is 10.2 Å². The summed E-state index contributed by atoms with van der Waals surface area (Å²) in [6.07, 6.45) is 0. The number of nitrogens with one attached hydrogen (secondary N) is 1. The third-order valence-corrected chi connectivity index (χ3v) is 5.85. The molecule has 188 valence electrons. The molecule has 11 heteroatoms. The highest BCUT2D eigenvalue weighted by Gasteiger charge is 2.27. The molecule has 0 aliphatic rings. The highest BCUT2D eigenvalue weighted by Crippen LogP contribution is 2.26. The second kappa shape index (κ2) is 9.56. The summed E-state index contributed by atoms with van der Waals surface area (Å²) in [5.74, 6) is -10.6. The van der Waals surface area contributed by atoms with Crippen molar-refractivity contribution in [3.8, 4) is 0 Å². The summed E-state index contributed by atoms with van der Waals surface area (Å²) in [7, 11) is 0. The van der Waals surface area contributed by atoms with Gasteiger partial charge < -0.3 is 5.32 Å². The molecule has 36 heavy (non-hydrogen) atoms. The lowest BCUT2D eigenvalue weighted by Gasteiger charge is -2.11. The molecule has 0 fully saturated rings. The van der Waals surface area contributed by atoms with E-state index < -0.39 is 47.1 Å². The van der Waals surface area contributed by atoms with E-state index in [2.05, 4.69) is 15.5 Å². The summed E-state index contributed by atoms with van der Waals surface area (Å²) in [5, 5.41) is 11.3. The van der Waals surface area contributed by atoms with Crippen molar-refractivity contribution in [3.63, 3.8) is 0 Å². The van der Waals surface area contributed by atoms with Gasteiger partial charge in [-0.05, 0) is 51.5 Å². The average molecular weight is 503 g/mol. The van der Waals surface area contributed by atoms with Crippen molar-refractivity contribution in [2.45, 2.75) is 40.8 Å². The van der Waals surface area contributed by atoms with Crippen LogP contribution < -0.4 is 5.32 Å². The predicted molar refractivity (Wildman–Crippen MR) is 122 cm³/mol. The number of aryl methyl sites for hydroxylation is 3. The maximum absolute atomic E-state index is 14.1. The molecule has 2 aromatic heterocycles. The number of rotatable bonds is 6. The zero-order valence-corrected chi connectivity index (χ0v) is 19.9. The van der Waals surface area contributed by atoms with E-state index in [1.165, 1.54) is 6.92 Å². The summed E-state index contributed by atoms with van der Waals surface area (Å²) < 4.78 is 71.7. The fourth-order valence-electron chi connectivity index (χ4n) is 3.98. The second-order valence-corrected chi connectivity index (χ2v) is 8.49. The van der Waals surface area contributed by atoms with Crippen LogP contribution in [0.3, 0.4) is 0 Å². The van der Waals surface area contributed by atoms with E-state index in [1.807, 2.05) is 30.7 Å². The Bertz CT molecular complexity index is 1460. The Hall–Kier alpha value is -4.02. The Kier molecular flexibility index (Phi) is 6.66. The molecule has 0 aliphatic heterocycles. The predicted octanol–water partition coefficient (Wildman–Crippen LogP) is 5.36. The van der Waals surface area contributed by atoms with E-state index >= 15 is 0 Å². The molecule has 0 saturated heterocycles. The molecule has 2 heterocycles. The van der Waals surface area contributed by atoms with Crippen LogP contribution in [0.2, 0.25) is 0 Å². The van der Waals surface area contributed by atoms with E-state index in [-0.39, 0.29) is 11.4 Å². The maximum atomic E-state index is 14.1. The fraction of sp³-hybridized carbons (Fsp3) is 0.240. The van der Waals surface area contributed by atoms with E-state index in [0.29, 0.717) is 17.8 Å². The third kappa shape index (κ3) is 4.60. The summed E-state index contributed by atoms with van der Waals surface area (Å²) in [6.45, 7) is 6.65. The molecule has 0 bridgehead atoms. The van der Waals surface area contributed by atoms with Crippen LogP contribution in [0.1, 0.15) is 44.3 Å². The highest BCUT2D eigenvalue weighted by atomic mass is 19.2. The van der Waals surface area contributed by atoms with Crippen molar-refractivity contribution in [1.82, 2.24) is 19.6 Å². The van der Waals surface area contributed by atoms with Crippen LogP contribution in [0.4, 0.5) is 27.6 Å². The van der Waals surface area contributed by atoms with Crippen molar-refractivity contribution in [3.05, 3.63) is 98.9 Å². The Balaban J connectivity index is 1.57. The van der Waals surface area contributed by atoms with E-state index in [0.717, 1.165) is 21.6 Å². The van der Waals surface area contributed by atoms with Gasteiger partial charge in [0.05, 0.1) is 41.4 Å². The van der Waals surface area contributed by atoms with Crippen molar-refractivity contribution in [2.24, 2.45) is 0 Å². The SMILES string of the molecule is Cc1cc(C)n(Cc2cccc(C(=O)Nc3c(C)nn(Cc4c(F)c(F)c(F)c(F)c4F)c3C)c2)n1. The zero-order valence-electron chi connectivity index (χ0n) is 19.9. The van der Waals surface area contributed by atoms with Crippen LogP contribution in [0.25, 0.3) is 0 Å². The van der Waals surface area contributed by atoms with Crippen LogP contribution in [0, 0.1) is 56.8 Å². The second-order valence-electron chi connectivity index (χ2n) is 8.49. The fourth-order valence-corrected chi connectivity index (χ4v) is 3.98. The van der Waals surface area contributed by atoms with E-state index in [9.17, 15) is 26.7 Å². The van der Waals surface area contributed by atoms with Crippen LogP contribution in [-0.2, 0) is 13.1 Å². The molecule has 0 atom stereocenters. The Morgan fingerprint density at radius 1 is 0.833 bits per heavy atom. The summed E-state index contributed by atoms with van der Waals surface area (Å²) >= 11 is 0. The van der Waals surface area contributed by atoms with Crippen molar-refractivity contribution in [2.75, 3.05) is 5.32 Å². The molecule has 1 N–H and O–H groups in total. The van der Waals surface area contributed by atoms with Crippen molar-refractivity contribution in [1.29, 1.82) is 0 Å². The number of hydrogen-bond acceptors (Lipinski definition) is 3. The molecule has 2 aromatic carbocycles. The number of carbonyl (C=O) groups excluding carboxylic acids is 1. The maximum Gasteiger partial charge on any atom is 0.255 e. The van der Waals surface area contributed by atoms with Crippen LogP contribution in [0.5, 0.6) is 0 Å². The minimum atomic E-state index is -2.23. The summed E-state index contributed by atoms with van der Waals surface area (Å²) in [5.41, 5.74) is 2.92. The van der Waals surface area contributed by atoms with Crippen LogP contribution in [0.15, 0.2) is 30.3 Å². The zero-order chi connectivity index (χ0) is 26.3. The quantitative estimate of drug-likeness (QED) is 0.219. The van der Waals surface area contributed by atoms with E-state index in [4.69, 9.17) is 0 Å². The standard InChI is InChI=1S/C25H22F5N5O/c1-12-8-13(2)34(32-12)10-16-6-5-7-17(9-16)25(36)31-24-14(3)33-35(15(24)4)11-18-19(26)21(28)23(30)22(29)20(18)27/h5-9H,10-11H2,1-4H3,(H,31,36). The van der Waals surface area contributed by atoms with Gasteiger partial charge in [0.15, 0.2) is 23.3 Å².